The fourth-order valence-electron chi connectivity index (χ4n) is 1.93. The monoisotopic (exact) mass is 339 g/mol. The van der Waals surface area contributed by atoms with E-state index in [1.165, 1.54) is 0 Å². The number of benzene rings is 2. The van der Waals surface area contributed by atoms with Crippen molar-refractivity contribution in [1.82, 2.24) is 0 Å². The molecule has 1 N–H and O–H groups in total. The number of nitrogens with one attached hydrogen (secondary N) is 1. The lowest BCUT2D eigenvalue weighted by Gasteiger charge is -2.09. The fourth-order valence-corrected chi connectivity index (χ4v) is 2.36. The van der Waals surface area contributed by atoms with Gasteiger partial charge in [-0.25, -0.2) is 0 Å². The van der Waals surface area contributed by atoms with Crippen molar-refractivity contribution in [2.75, 3.05) is 12.1 Å². The summed E-state index contributed by atoms with van der Waals surface area (Å²) in [5.74, 6) is 1.62. The minimum Gasteiger partial charge on any atom is -0.454 e. The molecule has 0 amide bonds. The Balaban J connectivity index is 1.76. The third-order valence-electron chi connectivity index (χ3n) is 2.88. The van der Waals surface area contributed by atoms with Crippen LogP contribution in [0.3, 0.4) is 0 Å². The van der Waals surface area contributed by atoms with Crippen LogP contribution in [-0.2, 0) is 6.54 Å². The van der Waals surface area contributed by atoms with E-state index in [9.17, 15) is 0 Å². The zero-order chi connectivity index (χ0) is 13.2. The zero-order valence-corrected chi connectivity index (χ0v) is 12.3. The standard InChI is InChI=1S/C14H11BrClNO2/c15-11-5-4-10(6-12(11)16)17-7-9-2-1-3-13-14(9)19-8-18-13/h1-6,17H,7-8H2. The first kappa shape index (κ1) is 12.6. The van der Waals surface area contributed by atoms with Crippen molar-refractivity contribution in [3.63, 3.8) is 0 Å². The Morgan fingerprint density at radius 1 is 1.21 bits per heavy atom. The molecule has 2 aromatic carbocycles. The highest BCUT2D eigenvalue weighted by molar-refractivity contribution is 9.10. The van der Waals surface area contributed by atoms with E-state index in [0.29, 0.717) is 11.6 Å². The molecule has 0 bridgehead atoms. The Labute approximate surface area is 124 Å². The summed E-state index contributed by atoms with van der Waals surface area (Å²) in [4.78, 5) is 0. The van der Waals surface area contributed by atoms with Crippen LogP contribution in [0.2, 0.25) is 5.02 Å². The SMILES string of the molecule is Clc1cc(NCc2cccc3c2OCO3)ccc1Br. The molecule has 0 aromatic heterocycles. The van der Waals surface area contributed by atoms with Crippen molar-refractivity contribution in [2.45, 2.75) is 6.54 Å². The third-order valence-corrected chi connectivity index (χ3v) is 4.11. The Kier molecular flexibility index (Phi) is 3.53. The molecule has 0 radical (unpaired) electrons. The summed E-state index contributed by atoms with van der Waals surface area (Å²) in [5.41, 5.74) is 2.03. The van der Waals surface area contributed by atoms with E-state index in [0.717, 1.165) is 27.2 Å². The maximum absolute atomic E-state index is 6.06. The first-order chi connectivity index (χ1) is 9.24. The van der Waals surface area contributed by atoms with Crippen molar-refractivity contribution in [3.8, 4) is 11.5 Å². The number of hydrogen-bond acceptors (Lipinski definition) is 3. The summed E-state index contributed by atoms with van der Waals surface area (Å²) in [7, 11) is 0. The molecule has 98 valence electrons. The molecule has 0 fully saturated rings. The molecule has 2 aromatic rings. The van der Waals surface area contributed by atoms with Crippen molar-refractivity contribution in [2.24, 2.45) is 0 Å². The van der Waals surface area contributed by atoms with E-state index in [1.54, 1.807) is 0 Å². The number of fused-ring (bicyclic) bond motifs is 1. The van der Waals surface area contributed by atoms with Crippen LogP contribution in [0.1, 0.15) is 5.56 Å². The van der Waals surface area contributed by atoms with Crippen molar-refractivity contribution in [1.29, 1.82) is 0 Å². The largest absolute Gasteiger partial charge is 0.454 e. The van der Waals surface area contributed by atoms with Gasteiger partial charge in [-0.15, -0.1) is 0 Å². The number of hydrogen-bond donors (Lipinski definition) is 1. The van der Waals surface area contributed by atoms with Gasteiger partial charge in [0.2, 0.25) is 6.79 Å². The lowest BCUT2D eigenvalue weighted by molar-refractivity contribution is 0.173. The van der Waals surface area contributed by atoms with Gasteiger partial charge in [0.25, 0.3) is 0 Å². The summed E-state index contributed by atoms with van der Waals surface area (Å²) >= 11 is 9.43. The molecule has 0 saturated carbocycles. The van der Waals surface area contributed by atoms with Gasteiger partial charge in [0, 0.05) is 22.3 Å². The second kappa shape index (κ2) is 5.31. The molecule has 5 heteroatoms. The molecule has 1 heterocycles. The van der Waals surface area contributed by atoms with Gasteiger partial charge in [-0.2, -0.15) is 0 Å². The molecule has 0 unspecified atom stereocenters. The molecule has 1 aliphatic heterocycles. The summed E-state index contributed by atoms with van der Waals surface area (Å²) in [6.07, 6.45) is 0. The number of anilines is 1. The van der Waals surface area contributed by atoms with Crippen LogP contribution >= 0.6 is 27.5 Å². The summed E-state index contributed by atoms with van der Waals surface area (Å²) < 4.78 is 11.7. The molecule has 0 spiro atoms. The van der Waals surface area contributed by atoms with Crippen LogP contribution in [0.25, 0.3) is 0 Å². The number of rotatable bonds is 3. The van der Waals surface area contributed by atoms with Crippen LogP contribution in [0, 0.1) is 0 Å². The van der Waals surface area contributed by atoms with Gasteiger partial charge in [0.1, 0.15) is 0 Å². The quantitative estimate of drug-likeness (QED) is 0.896. The molecule has 1 aliphatic rings. The topological polar surface area (TPSA) is 30.5 Å². The molecule has 0 atom stereocenters. The van der Waals surface area contributed by atoms with E-state index >= 15 is 0 Å². The minimum absolute atomic E-state index is 0.288. The second-order valence-electron chi connectivity index (χ2n) is 4.13. The van der Waals surface area contributed by atoms with Gasteiger partial charge in [-0.3, -0.25) is 0 Å². The first-order valence-electron chi connectivity index (χ1n) is 5.80. The average molecular weight is 341 g/mol. The second-order valence-corrected chi connectivity index (χ2v) is 5.39. The lowest BCUT2D eigenvalue weighted by atomic mass is 10.2. The molecule has 3 nitrogen and oxygen atoms in total. The van der Waals surface area contributed by atoms with Crippen LogP contribution < -0.4 is 14.8 Å². The Morgan fingerprint density at radius 3 is 2.95 bits per heavy atom. The van der Waals surface area contributed by atoms with Gasteiger partial charge in [0.05, 0.1) is 5.02 Å². The van der Waals surface area contributed by atoms with Gasteiger partial charge >= 0.3 is 0 Å². The Hall–Kier alpha value is -1.39. The molecule has 19 heavy (non-hydrogen) atoms. The van der Waals surface area contributed by atoms with Crippen LogP contribution in [0.15, 0.2) is 40.9 Å². The molecular formula is C14H11BrClNO2. The van der Waals surface area contributed by atoms with E-state index in [2.05, 4.69) is 21.2 Å². The normalized spacial score (nSPS) is 12.5. The number of ether oxygens (including phenoxy) is 2. The number of halogens is 2. The molecular weight excluding hydrogens is 330 g/mol. The Morgan fingerprint density at radius 2 is 2.11 bits per heavy atom. The van der Waals surface area contributed by atoms with Gasteiger partial charge in [-0.05, 0) is 40.2 Å². The fraction of sp³-hybridized carbons (Fsp3) is 0.143. The zero-order valence-electron chi connectivity index (χ0n) is 9.95. The van der Waals surface area contributed by atoms with Crippen molar-refractivity contribution < 1.29 is 9.47 Å². The van der Waals surface area contributed by atoms with Gasteiger partial charge < -0.3 is 14.8 Å². The molecule has 0 saturated heterocycles. The minimum atomic E-state index is 0.288. The average Bonchev–Trinajstić information content (AvgIpc) is 2.89. The third kappa shape index (κ3) is 2.65. The smallest absolute Gasteiger partial charge is 0.231 e. The lowest BCUT2D eigenvalue weighted by Crippen LogP contribution is -2.01. The highest BCUT2D eigenvalue weighted by Gasteiger charge is 2.16. The van der Waals surface area contributed by atoms with E-state index in [1.807, 2.05) is 36.4 Å². The van der Waals surface area contributed by atoms with Crippen LogP contribution in [0.5, 0.6) is 11.5 Å². The highest BCUT2D eigenvalue weighted by atomic mass is 79.9. The predicted molar refractivity (Wildman–Crippen MR) is 79.0 cm³/mol. The van der Waals surface area contributed by atoms with Crippen LogP contribution in [-0.4, -0.2) is 6.79 Å². The molecule has 3 rings (SSSR count). The van der Waals surface area contributed by atoms with E-state index < -0.39 is 0 Å². The Bertz CT molecular complexity index is 618. The predicted octanol–water partition coefficient (Wildman–Crippen LogP) is 4.44. The van der Waals surface area contributed by atoms with E-state index in [-0.39, 0.29) is 6.79 Å². The van der Waals surface area contributed by atoms with E-state index in [4.69, 9.17) is 21.1 Å². The molecule has 0 aliphatic carbocycles. The van der Waals surface area contributed by atoms with Crippen molar-refractivity contribution >= 4 is 33.2 Å². The highest BCUT2D eigenvalue weighted by Crippen LogP contribution is 2.35. The summed E-state index contributed by atoms with van der Waals surface area (Å²) in [5, 5.41) is 4.00. The summed E-state index contributed by atoms with van der Waals surface area (Å²) in [6, 6.07) is 11.6. The maximum atomic E-state index is 6.06. The van der Waals surface area contributed by atoms with Gasteiger partial charge in [0.15, 0.2) is 11.5 Å². The summed E-state index contributed by atoms with van der Waals surface area (Å²) in [6.45, 7) is 0.945. The maximum Gasteiger partial charge on any atom is 0.231 e. The first-order valence-corrected chi connectivity index (χ1v) is 6.97. The number of para-hydroxylation sites is 1. The van der Waals surface area contributed by atoms with Crippen molar-refractivity contribution in [3.05, 3.63) is 51.5 Å². The van der Waals surface area contributed by atoms with Gasteiger partial charge in [-0.1, -0.05) is 23.7 Å². The van der Waals surface area contributed by atoms with Crippen LogP contribution in [0.4, 0.5) is 5.69 Å².